The van der Waals surface area contributed by atoms with Gasteiger partial charge < -0.3 is 18.5 Å². The Morgan fingerprint density at radius 1 is 1.23 bits per heavy atom. The lowest BCUT2D eigenvalue weighted by Gasteiger charge is -2.35. The summed E-state index contributed by atoms with van der Waals surface area (Å²) < 4.78 is 19.9. The van der Waals surface area contributed by atoms with Gasteiger partial charge in [-0.3, -0.25) is 0 Å². The second-order valence-electron chi connectivity index (χ2n) is 5.33. The van der Waals surface area contributed by atoms with Crippen molar-refractivity contribution in [3.8, 4) is 0 Å². The molecule has 0 saturated carbocycles. The molecular weight excluding hydrogens is 304 g/mol. The summed E-state index contributed by atoms with van der Waals surface area (Å²) in [6.07, 6.45) is 6.22. The van der Waals surface area contributed by atoms with Gasteiger partial charge in [0.2, 0.25) is 5.79 Å². The molecule has 1 aliphatic rings. The third-order valence-electron chi connectivity index (χ3n) is 3.76. The Labute approximate surface area is 132 Å². The zero-order valence-electron chi connectivity index (χ0n) is 11.9. The molecule has 0 bridgehead atoms. The van der Waals surface area contributed by atoms with Crippen LogP contribution in [0.5, 0.6) is 0 Å². The predicted octanol–water partition coefficient (Wildman–Crippen LogP) is 3.57. The molecule has 4 rings (SSSR count). The van der Waals surface area contributed by atoms with Gasteiger partial charge in [0.15, 0.2) is 5.76 Å². The van der Waals surface area contributed by atoms with E-state index in [-0.39, 0.29) is 0 Å². The second kappa shape index (κ2) is 5.43. The van der Waals surface area contributed by atoms with Crippen LogP contribution in [0.4, 0.5) is 0 Å². The van der Waals surface area contributed by atoms with Crippen LogP contribution in [0.25, 0.3) is 11.0 Å². The molecule has 3 aromatic rings. The molecular formula is C16H15ClN2O3. The van der Waals surface area contributed by atoms with Gasteiger partial charge in [0.25, 0.3) is 0 Å². The van der Waals surface area contributed by atoms with Gasteiger partial charge in [0.05, 0.1) is 26.1 Å². The summed E-state index contributed by atoms with van der Waals surface area (Å²) in [5.41, 5.74) is 0.766. The highest BCUT2D eigenvalue weighted by Crippen LogP contribution is 2.36. The number of fused-ring (bicyclic) bond motifs is 1. The largest absolute Gasteiger partial charge is 0.455 e. The van der Waals surface area contributed by atoms with Crippen LogP contribution in [0.3, 0.4) is 0 Å². The Balaban J connectivity index is 1.78. The van der Waals surface area contributed by atoms with Gasteiger partial charge in [0, 0.05) is 22.8 Å². The first-order chi connectivity index (χ1) is 10.8. The highest BCUT2D eigenvalue weighted by atomic mass is 35.5. The number of hydrogen-bond donors (Lipinski definition) is 0. The van der Waals surface area contributed by atoms with E-state index >= 15 is 0 Å². The van der Waals surface area contributed by atoms with Crippen molar-refractivity contribution >= 4 is 22.6 Å². The first-order valence-corrected chi connectivity index (χ1v) is 7.56. The van der Waals surface area contributed by atoms with E-state index in [9.17, 15) is 0 Å². The van der Waals surface area contributed by atoms with Crippen molar-refractivity contribution in [1.29, 1.82) is 0 Å². The molecule has 1 aromatic carbocycles. The molecule has 0 N–H and O–H groups in total. The molecule has 0 spiro atoms. The average molecular weight is 319 g/mol. The van der Waals surface area contributed by atoms with Crippen molar-refractivity contribution in [2.24, 2.45) is 0 Å². The predicted molar refractivity (Wildman–Crippen MR) is 81.7 cm³/mol. The number of imidazole rings is 1. The Bertz CT molecular complexity index is 776. The fraction of sp³-hybridized carbons (Fsp3) is 0.312. The zero-order valence-corrected chi connectivity index (χ0v) is 12.6. The lowest BCUT2D eigenvalue weighted by atomic mass is 10.1. The van der Waals surface area contributed by atoms with Gasteiger partial charge in [-0.25, -0.2) is 4.98 Å². The molecule has 22 heavy (non-hydrogen) atoms. The number of ether oxygens (including phenoxy) is 2. The van der Waals surface area contributed by atoms with E-state index < -0.39 is 5.79 Å². The van der Waals surface area contributed by atoms with Crippen molar-refractivity contribution in [2.75, 3.05) is 13.2 Å². The summed E-state index contributed by atoms with van der Waals surface area (Å²) in [4.78, 5) is 4.07. The number of aromatic nitrogens is 2. The van der Waals surface area contributed by atoms with Crippen molar-refractivity contribution in [3.63, 3.8) is 0 Å². The van der Waals surface area contributed by atoms with Crippen LogP contribution in [-0.4, -0.2) is 22.8 Å². The van der Waals surface area contributed by atoms with E-state index in [2.05, 4.69) is 4.98 Å². The highest BCUT2D eigenvalue weighted by Gasteiger charge is 2.40. The van der Waals surface area contributed by atoms with E-state index in [1.54, 1.807) is 12.5 Å². The first-order valence-electron chi connectivity index (χ1n) is 7.18. The molecule has 1 aliphatic heterocycles. The maximum Gasteiger partial charge on any atom is 0.247 e. The smallest absolute Gasteiger partial charge is 0.247 e. The SMILES string of the molecule is Clc1ccc2oc(C3(Cn4ccnc4)OCCCO3)cc2c1. The van der Waals surface area contributed by atoms with Crippen LogP contribution in [0.1, 0.15) is 12.2 Å². The number of hydrogen-bond acceptors (Lipinski definition) is 4. The maximum absolute atomic E-state index is 6.05. The zero-order chi connectivity index (χ0) is 15.0. The standard InChI is InChI=1S/C16H15ClN2O3/c17-13-2-3-14-12(8-13)9-15(22-14)16(20-6-1-7-21-16)10-19-5-4-18-11-19/h2-5,8-9,11H,1,6-7,10H2. The van der Waals surface area contributed by atoms with Crippen molar-refractivity contribution in [2.45, 2.75) is 18.8 Å². The van der Waals surface area contributed by atoms with Crippen LogP contribution in [0.15, 0.2) is 47.4 Å². The Kier molecular flexibility index (Phi) is 3.41. The van der Waals surface area contributed by atoms with E-state index in [1.165, 1.54) is 0 Å². The molecule has 1 fully saturated rings. The van der Waals surface area contributed by atoms with Crippen molar-refractivity contribution in [1.82, 2.24) is 9.55 Å². The Morgan fingerprint density at radius 2 is 2.09 bits per heavy atom. The average Bonchev–Trinajstić information content (AvgIpc) is 3.17. The molecule has 0 aliphatic carbocycles. The van der Waals surface area contributed by atoms with Gasteiger partial charge in [-0.05, 0) is 30.7 Å². The third kappa shape index (κ3) is 2.41. The quantitative estimate of drug-likeness (QED) is 0.740. The molecule has 6 heteroatoms. The molecule has 1 saturated heterocycles. The maximum atomic E-state index is 6.05. The molecule has 3 heterocycles. The van der Waals surface area contributed by atoms with E-state index in [0.717, 1.165) is 17.4 Å². The number of nitrogens with zero attached hydrogens (tertiary/aromatic N) is 2. The number of furan rings is 1. The van der Waals surface area contributed by atoms with Crippen LogP contribution in [0, 0.1) is 0 Å². The number of benzene rings is 1. The molecule has 0 amide bonds. The van der Waals surface area contributed by atoms with Gasteiger partial charge in [0.1, 0.15) is 5.58 Å². The van der Waals surface area contributed by atoms with Crippen LogP contribution in [0.2, 0.25) is 5.02 Å². The van der Waals surface area contributed by atoms with E-state index in [0.29, 0.717) is 30.5 Å². The van der Waals surface area contributed by atoms with Crippen LogP contribution in [-0.2, 0) is 21.8 Å². The molecule has 5 nitrogen and oxygen atoms in total. The monoisotopic (exact) mass is 318 g/mol. The van der Waals surface area contributed by atoms with Gasteiger partial charge in [-0.15, -0.1) is 0 Å². The van der Waals surface area contributed by atoms with Gasteiger partial charge in [-0.2, -0.15) is 0 Å². The lowest BCUT2D eigenvalue weighted by molar-refractivity contribution is -0.291. The lowest BCUT2D eigenvalue weighted by Crippen LogP contribution is -2.41. The highest BCUT2D eigenvalue weighted by molar-refractivity contribution is 6.31. The molecule has 0 radical (unpaired) electrons. The van der Waals surface area contributed by atoms with E-state index in [4.69, 9.17) is 25.5 Å². The Hall–Kier alpha value is -1.82. The molecule has 2 aromatic heterocycles. The minimum atomic E-state index is -0.926. The molecule has 0 unspecified atom stereocenters. The van der Waals surface area contributed by atoms with Crippen molar-refractivity contribution < 1.29 is 13.9 Å². The summed E-state index contributed by atoms with van der Waals surface area (Å²) in [5.74, 6) is -0.275. The number of rotatable bonds is 3. The fourth-order valence-electron chi connectivity index (χ4n) is 2.71. The van der Waals surface area contributed by atoms with Crippen molar-refractivity contribution in [3.05, 3.63) is 53.8 Å². The summed E-state index contributed by atoms with van der Waals surface area (Å²) in [7, 11) is 0. The minimum absolute atomic E-state index is 0.487. The Morgan fingerprint density at radius 3 is 2.86 bits per heavy atom. The summed E-state index contributed by atoms with van der Waals surface area (Å²) in [5, 5.41) is 1.61. The normalized spacial score (nSPS) is 17.9. The first kappa shape index (κ1) is 13.8. The van der Waals surface area contributed by atoms with Crippen LogP contribution < -0.4 is 0 Å². The van der Waals surface area contributed by atoms with E-state index in [1.807, 2.05) is 35.0 Å². The van der Waals surface area contributed by atoms with Crippen LogP contribution >= 0.6 is 11.6 Å². The summed E-state index contributed by atoms with van der Waals surface area (Å²) >= 11 is 6.05. The molecule has 114 valence electrons. The summed E-state index contributed by atoms with van der Waals surface area (Å²) in [6.45, 7) is 1.75. The van der Waals surface area contributed by atoms with Gasteiger partial charge >= 0.3 is 0 Å². The topological polar surface area (TPSA) is 49.4 Å². The fourth-order valence-corrected chi connectivity index (χ4v) is 2.89. The van der Waals surface area contributed by atoms with Gasteiger partial charge in [-0.1, -0.05) is 11.6 Å². The number of halogens is 1. The minimum Gasteiger partial charge on any atom is -0.455 e. The molecule has 0 atom stereocenters. The summed E-state index contributed by atoms with van der Waals surface area (Å²) in [6, 6.07) is 7.47. The third-order valence-corrected chi connectivity index (χ3v) is 4.00. The second-order valence-corrected chi connectivity index (χ2v) is 5.77.